The first kappa shape index (κ1) is 11.4. The number of piperazine rings is 1. The first-order valence-corrected chi connectivity index (χ1v) is 6.38. The lowest BCUT2D eigenvalue weighted by Gasteiger charge is -2.45. The van der Waals surface area contributed by atoms with Gasteiger partial charge in [-0.3, -0.25) is 4.90 Å². The van der Waals surface area contributed by atoms with Gasteiger partial charge in [-0.15, -0.1) is 0 Å². The maximum Gasteiger partial charge on any atom is 0.0332 e. The highest BCUT2D eigenvalue weighted by Gasteiger charge is 2.45. The maximum absolute atomic E-state index is 5.99. The molecule has 15 heavy (non-hydrogen) atoms. The molecule has 0 aromatic carbocycles. The van der Waals surface area contributed by atoms with Crippen LogP contribution >= 0.6 is 0 Å². The normalized spacial score (nSPS) is 29.0. The SMILES string of the molecule is CCN1CCN(C(C)(CN)C2CC2)CC1. The zero-order valence-electron chi connectivity index (χ0n) is 10.2. The molecular formula is C12H25N3. The van der Waals surface area contributed by atoms with Crippen molar-refractivity contribution >= 4 is 0 Å². The van der Waals surface area contributed by atoms with Crippen molar-refractivity contribution in [3.05, 3.63) is 0 Å². The van der Waals surface area contributed by atoms with Crippen LogP contribution in [-0.2, 0) is 0 Å². The van der Waals surface area contributed by atoms with Crippen LogP contribution in [0.5, 0.6) is 0 Å². The van der Waals surface area contributed by atoms with Crippen molar-refractivity contribution in [3.63, 3.8) is 0 Å². The van der Waals surface area contributed by atoms with Crippen LogP contribution < -0.4 is 5.73 Å². The molecule has 0 aromatic rings. The Kier molecular flexibility index (Phi) is 3.33. The van der Waals surface area contributed by atoms with Crippen molar-refractivity contribution < 1.29 is 0 Å². The van der Waals surface area contributed by atoms with Gasteiger partial charge in [0.2, 0.25) is 0 Å². The van der Waals surface area contributed by atoms with Gasteiger partial charge in [0, 0.05) is 38.3 Å². The van der Waals surface area contributed by atoms with Gasteiger partial charge in [-0.1, -0.05) is 6.92 Å². The van der Waals surface area contributed by atoms with Gasteiger partial charge in [-0.2, -0.15) is 0 Å². The van der Waals surface area contributed by atoms with E-state index in [0.29, 0.717) is 5.54 Å². The van der Waals surface area contributed by atoms with Crippen LogP contribution in [0.25, 0.3) is 0 Å². The molecule has 88 valence electrons. The molecule has 1 saturated carbocycles. The Labute approximate surface area is 93.6 Å². The average molecular weight is 211 g/mol. The third kappa shape index (κ3) is 2.19. The van der Waals surface area contributed by atoms with Crippen LogP contribution in [0.3, 0.4) is 0 Å². The highest BCUT2D eigenvalue weighted by atomic mass is 15.3. The van der Waals surface area contributed by atoms with Crippen LogP contribution in [0.4, 0.5) is 0 Å². The molecule has 1 aliphatic carbocycles. The minimum Gasteiger partial charge on any atom is -0.329 e. The lowest BCUT2D eigenvalue weighted by molar-refractivity contribution is 0.0351. The minimum atomic E-state index is 0.291. The van der Waals surface area contributed by atoms with Gasteiger partial charge in [0.25, 0.3) is 0 Å². The molecule has 0 amide bonds. The number of nitrogens with zero attached hydrogens (tertiary/aromatic N) is 2. The van der Waals surface area contributed by atoms with E-state index in [9.17, 15) is 0 Å². The van der Waals surface area contributed by atoms with Gasteiger partial charge in [0.1, 0.15) is 0 Å². The molecule has 1 saturated heterocycles. The molecule has 3 heteroatoms. The molecule has 2 aliphatic rings. The van der Waals surface area contributed by atoms with E-state index in [1.54, 1.807) is 0 Å². The molecule has 3 nitrogen and oxygen atoms in total. The fourth-order valence-corrected chi connectivity index (χ4v) is 2.83. The third-order valence-corrected chi connectivity index (χ3v) is 4.41. The fourth-order valence-electron chi connectivity index (χ4n) is 2.83. The second-order valence-corrected chi connectivity index (χ2v) is 5.26. The lowest BCUT2D eigenvalue weighted by atomic mass is 9.92. The van der Waals surface area contributed by atoms with Crippen LogP contribution in [0.2, 0.25) is 0 Å². The highest BCUT2D eigenvalue weighted by Crippen LogP contribution is 2.42. The second kappa shape index (κ2) is 4.40. The summed E-state index contributed by atoms with van der Waals surface area (Å²) >= 11 is 0. The van der Waals surface area contributed by atoms with Crippen molar-refractivity contribution in [2.45, 2.75) is 32.2 Å². The predicted molar refractivity (Wildman–Crippen MR) is 63.9 cm³/mol. The smallest absolute Gasteiger partial charge is 0.0332 e. The fraction of sp³-hybridized carbons (Fsp3) is 1.00. The van der Waals surface area contributed by atoms with E-state index in [4.69, 9.17) is 5.73 Å². The molecular weight excluding hydrogens is 186 g/mol. The summed E-state index contributed by atoms with van der Waals surface area (Å²) in [5.41, 5.74) is 6.28. The second-order valence-electron chi connectivity index (χ2n) is 5.26. The highest BCUT2D eigenvalue weighted by molar-refractivity contribution is 5.01. The number of rotatable bonds is 4. The summed E-state index contributed by atoms with van der Waals surface area (Å²) in [6.07, 6.45) is 2.78. The summed E-state index contributed by atoms with van der Waals surface area (Å²) in [6.45, 7) is 11.5. The summed E-state index contributed by atoms with van der Waals surface area (Å²) in [6, 6.07) is 0. The van der Waals surface area contributed by atoms with Gasteiger partial charge < -0.3 is 10.6 Å². The van der Waals surface area contributed by atoms with Gasteiger partial charge >= 0.3 is 0 Å². The Morgan fingerprint density at radius 3 is 2.20 bits per heavy atom. The third-order valence-electron chi connectivity index (χ3n) is 4.41. The number of nitrogens with two attached hydrogens (primary N) is 1. The zero-order chi connectivity index (χ0) is 10.9. The molecule has 0 bridgehead atoms. The molecule has 1 atom stereocenters. The molecule has 0 aromatic heterocycles. The van der Waals surface area contributed by atoms with Crippen LogP contribution in [-0.4, -0.2) is 54.6 Å². The van der Waals surface area contributed by atoms with Crippen molar-refractivity contribution in [2.75, 3.05) is 39.3 Å². The Morgan fingerprint density at radius 2 is 1.80 bits per heavy atom. The van der Waals surface area contributed by atoms with Crippen molar-refractivity contribution in [1.29, 1.82) is 0 Å². The van der Waals surface area contributed by atoms with Gasteiger partial charge in [0.15, 0.2) is 0 Å². The first-order chi connectivity index (χ1) is 7.20. The van der Waals surface area contributed by atoms with Gasteiger partial charge in [-0.05, 0) is 32.2 Å². The van der Waals surface area contributed by atoms with Crippen LogP contribution in [0.1, 0.15) is 26.7 Å². The van der Waals surface area contributed by atoms with Crippen LogP contribution in [0, 0.1) is 5.92 Å². The Morgan fingerprint density at radius 1 is 1.20 bits per heavy atom. The molecule has 0 spiro atoms. The molecule has 2 rings (SSSR count). The molecule has 1 aliphatic heterocycles. The van der Waals surface area contributed by atoms with E-state index in [1.807, 2.05) is 0 Å². The molecule has 2 N–H and O–H groups in total. The standard InChI is InChI=1S/C12H25N3/c1-3-14-6-8-15(9-7-14)12(2,10-13)11-4-5-11/h11H,3-10,13H2,1-2H3. The number of hydrogen-bond acceptors (Lipinski definition) is 3. The number of hydrogen-bond donors (Lipinski definition) is 1. The topological polar surface area (TPSA) is 32.5 Å². The average Bonchev–Trinajstić information content (AvgIpc) is 3.12. The Hall–Kier alpha value is -0.120. The van der Waals surface area contributed by atoms with E-state index in [1.165, 1.54) is 45.6 Å². The monoisotopic (exact) mass is 211 g/mol. The molecule has 2 fully saturated rings. The maximum atomic E-state index is 5.99. The number of likely N-dealkylation sites (N-methyl/N-ethyl adjacent to an activating group) is 1. The Bertz CT molecular complexity index is 207. The van der Waals surface area contributed by atoms with Gasteiger partial charge in [0.05, 0.1) is 0 Å². The summed E-state index contributed by atoms with van der Waals surface area (Å²) in [4.78, 5) is 5.16. The summed E-state index contributed by atoms with van der Waals surface area (Å²) < 4.78 is 0. The van der Waals surface area contributed by atoms with Crippen molar-refractivity contribution in [2.24, 2.45) is 11.7 Å². The van der Waals surface area contributed by atoms with Crippen molar-refractivity contribution in [3.8, 4) is 0 Å². The summed E-state index contributed by atoms with van der Waals surface area (Å²) in [5.74, 6) is 0.871. The summed E-state index contributed by atoms with van der Waals surface area (Å²) in [7, 11) is 0. The largest absolute Gasteiger partial charge is 0.329 e. The van der Waals surface area contributed by atoms with E-state index in [-0.39, 0.29) is 0 Å². The van der Waals surface area contributed by atoms with E-state index in [0.717, 1.165) is 12.5 Å². The molecule has 1 unspecified atom stereocenters. The van der Waals surface area contributed by atoms with E-state index in [2.05, 4.69) is 23.6 Å². The molecule has 1 heterocycles. The quantitative estimate of drug-likeness (QED) is 0.745. The van der Waals surface area contributed by atoms with E-state index >= 15 is 0 Å². The minimum absolute atomic E-state index is 0.291. The van der Waals surface area contributed by atoms with E-state index < -0.39 is 0 Å². The van der Waals surface area contributed by atoms with Crippen molar-refractivity contribution in [1.82, 2.24) is 9.80 Å². The molecule has 0 radical (unpaired) electrons. The van der Waals surface area contributed by atoms with Gasteiger partial charge in [-0.25, -0.2) is 0 Å². The first-order valence-electron chi connectivity index (χ1n) is 6.38. The van der Waals surface area contributed by atoms with Crippen LogP contribution in [0.15, 0.2) is 0 Å². The zero-order valence-corrected chi connectivity index (χ0v) is 10.2. The lowest BCUT2D eigenvalue weighted by Crippen LogP contribution is -2.59. The Balaban J connectivity index is 1.93. The predicted octanol–water partition coefficient (Wildman–Crippen LogP) is 0.751. The summed E-state index contributed by atoms with van der Waals surface area (Å²) in [5, 5.41) is 0.